The molecule has 0 unspecified atom stereocenters. The predicted octanol–water partition coefficient (Wildman–Crippen LogP) is 7.62. The number of benzene rings is 2. The molecule has 0 N–H and O–H groups in total. The Morgan fingerprint density at radius 2 is 1.77 bits per heavy atom. The van der Waals surface area contributed by atoms with E-state index in [2.05, 4.69) is 19.1 Å². The zero-order valence-electron chi connectivity index (χ0n) is 18.1. The summed E-state index contributed by atoms with van der Waals surface area (Å²) in [6, 6.07) is 9.08. The average Bonchev–Trinajstić information content (AvgIpc) is 2.77. The SMILES string of the molecule is CCCCC1CCC(c2ccc(C3=CCc4cc(OC)c(F)cc4C3)c(F)c2)CC1. The molecule has 160 valence electrons. The summed E-state index contributed by atoms with van der Waals surface area (Å²) in [6.07, 6.45) is 12.1. The van der Waals surface area contributed by atoms with Crippen LogP contribution in [0.15, 0.2) is 36.4 Å². The first kappa shape index (κ1) is 21.1. The molecule has 0 atom stereocenters. The minimum absolute atomic E-state index is 0.149. The highest BCUT2D eigenvalue weighted by Gasteiger charge is 2.24. The summed E-state index contributed by atoms with van der Waals surface area (Å²) in [5.41, 5.74) is 4.70. The Morgan fingerprint density at radius 1 is 0.967 bits per heavy atom. The van der Waals surface area contributed by atoms with E-state index in [1.165, 1.54) is 58.1 Å². The molecule has 30 heavy (non-hydrogen) atoms. The van der Waals surface area contributed by atoms with E-state index in [4.69, 9.17) is 4.74 Å². The van der Waals surface area contributed by atoms with Gasteiger partial charge in [-0.05, 0) is 90.8 Å². The van der Waals surface area contributed by atoms with Crippen LogP contribution in [0, 0.1) is 17.6 Å². The lowest BCUT2D eigenvalue weighted by Gasteiger charge is -2.29. The summed E-state index contributed by atoms with van der Waals surface area (Å²) in [5, 5.41) is 0. The molecule has 3 heteroatoms. The van der Waals surface area contributed by atoms with Gasteiger partial charge in [-0.2, -0.15) is 0 Å². The Balaban J connectivity index is 1.46. The number of unbranched alkanes of at least 4 members (excludes halogenated alkanes) is 1. The van der Waals surface area contributed by atoms with E-state index in [-0.39, 0.29) is 17.4 Å². The Labute approximate surface area is 179 Å². The first-order valence-electron chi connectivity index (χ1n) is 11.4. The molecule has 0 bridgehead atoms. The fourth-order valence-corrected chi connectivity index (χ4v) is 5.19. The molecule has 0 saturated heterocycles. The molecule has 1 saturated carbocycles. The maximum Gasteiger partial charge on any atom is 0.165 e. The van der Waals surface area contributed by atoms with Crippen molar-refractivity contribution < 1.29 is 13.5 Å². The Bertz CT molecular complexity index is 923. The molecule has 0 aromatic heterocycles. The van der Waals surface area contributed by atoms with Gasteiger partial charge in [0.15, 0.2) is 11.6 Å². The van der Waals surface area contributed by atoms with Gasteiger partial charge >= 0.3 is 0 Å². The molecule has 0 amide bonds. The van der Waals surface area contributed by atoms with Crippen molar-refractivity contribution >= 4 is 5.57 Å². The smallest absolute Gasteiger partial charge is 0.165 e. The van der Waals surface area contributed by atoms with E-state index in [1.807, 2.05) is 6.07 Å². The molecule has 2 aliphatic carbocycles. The van der Waals surface area contributed by atoms with Crippen LogP contribution in [-0.4, -0.2) is 7.11 Å². The van der Waals surface area contributed by atoms with Gasteiger partial charge < -0.3 is 4.74 Å². The number of fused-ring (bicyclic) bond motifs is 1. The number of rotatable bonds is 6. The quantitative estimate of drug-likeness (QED) is 0.476. The van der Waals surface area contributed by atoms with Gasteiger partial charge in [0.1, 0.15) is 5.82 Å². The lowest BCUT2D eigenvalue weighted by atomic mass is 9.76. The molecule has 1 fully saturated rings. The molecule has 4 rings (SSSR count). The maximum absolute atomic E-state index is 15.1. The number of hydrogen-bond acceptors (Lipinski definition) is 1. The number of halogens is 2. The van der Waals surface area contributed by atoms with E-state index in [0.29, 0.717) is 24.3 Å². The molecule has 0 heterocycles. The normalized spacial score (nSPS) is 21.1. The van der Waals surface area contributed by atoms with Crippen molar-refractivity contribution in [1.29, 1.82) is 0 Å². The van der Waals surface area contributed by atoms with Gasteiger partial charge in [0.05, 0.1) is 7.11 Å². The van der Waals surface area contributed by atoms with Crippen LogP contribution in [0.1, 0.15) is 80.0 Å². The van der Waals surface area contributed by atoms with E-state index < -0.39 is 0 Å². The standard InChI is InChI=1S/C27H32F2O/c1-3-4-5-18-6-8-19(9-7-18)20-12-13-24(25(28)15-20)22-11-10-21-17-27(30-2)26(29)16-23(21)14-22/h11-13,15-19H,3-10,14H2,1-2H3. The molecular formula is C27H32F2O. The lowest BCUT2D eigenvalue weighted by molar-refractivity contribution is 0.304. The molecule has 0 spiro atoms. The van der Waals surface area contributed by atoms with Crippen molar-refractivity contribution in [3.8, 4) is 5.75 Å². The minimum Gasteiger partial charge on any atom is -0.494 e. The van der Waals surface area contributed by atoms with Gasteiger partial charge in [0.25, 0.3) is 0 Å². The van der Waals surface area contributed by atoms with Crippen molar-refractivity contribution in [2.75, 3.05) is 7.11 Å². The summed E-state index contributed by atoms with van der Waals surface area (Å²) in [4.78, 5) is 0. The largest absolute Gasteiger partial charge is 0.494 e. The van der Waals surface area contributed by atoms with E-state index in [0.717, 1.165) is 28.2 Å². The average molecular weight is 411 g/mol. The van der Waals surface area contributed by atoms with Crippen LogP contribution in [0.3, 0.4) is 0 Å². The number of ether oxygens (including phenoxy) is 1. The van der Waals surface area contributed by atoms with Crippen molar-refractivity contribution in [3.63, 3.8) is 0 Å². The second-order valence-electron chi connectivity index (χ2n) is 8.96. The fraction of sp³-hybridized carbons (Fsp3) is 0.481. The first-order valence-corrected chi connectivity index (χ1v) is 11.4. The summed E-state index contributed by atoms with van der Waals surface area (Å²) in [5.74, 6) is 1.10. The van der Waals surface area contributed by atoms with Gasteiger partial charge in [-0.15, -0.1) is 0 Å². The van der Waals surface area contributed by atoms with Crippen LogP contribution in [0.2, 0.25) is 0 Å². The number of allylic oxidation sites excluding steroid dienone is 2. The van der Waals surface area contributed by atoms with Crippen LogP contribution in [0.25, 0.3) is 5.57 Å². The second-order valence-corrected chi connectivity index (χ2v) is 8.96. The topological polar surface area (TPSA) is 9.23 Å². The molecule has 0 radical (unpaired) electrons. The second kappa shape index (κ2) is 9.32. The minimum atomic E-state index is -0.358. The fourth-order valence-electron chi connectivity index (χ4n) is 5.19. The highest BCUT2D eigenvalue weighted by atomic mass is 19.1. The van der Waals surface area contributed by atoms with Crippen molar-refractivity contribution in [2.24, 2.45) is 5.92 Å². The molecule has 2 aromatic carbocycles. The predicted molar refractivity (Wildman–Crippen MR) is 119 cm³/mol. The van der Waals surface area contributed by atoms with Crippen LogP contribution < -0.4 is 4.74 Å². The van der Waals surface area contributed by atoms with E-state index in [9.17, 15) is 4.39 Å². The third kappa shape index (κ3) is 4.45. The Kier molecular flexibility index (Phi) is 6.55. The van der Waals surface area contributed by atoms with Crippen LogP contribution in [0.5, 0.6) is 5.75 Å². The molecule has 2 aromatic rings. The van der Waals surface area contributed by atoms with Crippen LogP contribution >= 0.6 is 0 Å². The number of methoxy groups -OCH3 is 1. The summed E-state index contributed by atoms with van der Waals surface area (Å²) >= 11 is 0. The van der Waals surface area contributed by atoms with E-state index in [1.54, 1.807) is 12.1 Å². The van der Waals surface area contributed by atoms with Crippen LogP contribution in [0.4, 0.5) is 8.78 Å². The number of hydrogen-bond donors (Lipinski definition) is 0. The third-order valence-corrected chi connectivity index (χ3v) is 7.05. The van der Waals surface area contributed by atoms with Crippen LogP contribution in [-0.2, 0) is 12.8 Å². The van der Waals surface area contributed by atoms with Gasteiger partial charge in [-0.25, -0.2) is 8.78 Å². The molecule has 2 aliphatic rings. The van der Waals surface area contributed by atoms with Crippen molar-refractivity contribution in [1.82, 2.24) is 0 Å². The lowest BCUT2D eigenvalue weighted by Crippen LogP contribution is -2.14. The third-order valence-electron chi connectivity index (χ3n) is 7.05. The highest BCUT2D eigenvalue weighted by Crippen LogP contribution is 2.39. The maximum atomic E-state index is 15.1. The Morgan fingerprint density at radius 3 is 2.47 bits per heavy atom. The van der Waals surface area contributed by atoms with Crippen molar-refractivity contribution in [3.05, 3.63) is 70.3 Å². The van der Waals surface area contributed by atoms with Gasteiger partial charge in [-0.3, -0.25) is 0 Å². The zero-order valence-corrected chi connectivity index (χ0v) is 18.1. The first-order chi connectivity index (χ1) is 14.6. The monoisotopic (exact) mass is 410 g/mol. The summed E-state index contributed by atoms with van der Waals surface area (Å²) in [6.45, 7) is 2.25. The zero-order chi connectivity index (χ0) is 21.1. The Hall–Kier alpha value is -2.16. The van der Waals surface area contributed by atoms with Crippen molar-refractivity contribution in [2.45, 2.75) is 70.6 Å². The van der Waals surface area contributed by atoms with E-state index >= 15 is 4.39 Å². The van der Waals surface area contributed by atoms with Gasteiger partial charge in [-0.1, -0.05) is 44.4 Å². The summed E-state index contributed by atoms with van der Waals surface area (Å²) in [7, 11) is 1.48. The molecule has 1 nitrogen and oxygen atoms in total. The summed E-state index contributed by atoms with van der Waals surface area (Å²) < 4.78 is 34.3. The highest BCUT2D eigenvalue weighted by molar-refractivity contribution is 5.71. The molecule has 0 aliphatic heterocycles. The van der Waals surface area contributed by atoms with Gasteiger partial charge in [0, 0.05) is 5.56 Å². The van der Waals surface area contributed by atoms with Gasteiger partial charge in [0.2, 0.25) is 0 Å². The molecular weight excluding hydrogens is 378 g/mol.